The van der Waals surface area contributed by atoms with Crippen LogP contribution in [0.15, 0.2) is 40.8 Å². The molecular weight excluding hydrogens is 254 g/mol. The molecule has 0 amide bonds. The van der Waals surface area contributed by atoms with Crippen LogP contribution in [0.1, 0.15) is 16.9 Å². The molecule has 94 valence electrons. The Kier molecular flexibility index (Phi) is 3.99. The third-order valence-corrected chi connectivity index (χ3v) is 2.82. The van der Waals surface area contributed by atoms with Crippen LogP contribution in [0.25, 0.3) is 0 Å². The van der Waals surface area contributed by atoms with Crippen molar-refractivity contribution >= 4 is 11.6 Å². The van der Waals surface area contributed by atoms with Crippen molar-refractivity contribution in [3.8, 4) is 0 Å². The third kappa shape index (κ3) is 3.60. The van der Waals surface area contributed by atoms with Crippen molar-refractivity contribution in [2.24, 2.45) is 0 Å². The van der Waals surface area contributed by atoms with E-state index in [0.717, 1.165) is 16.9 Å². The minimum Gasteiger partial charge on any atom is -0.449 e. The molecule has 2 aromatic rings. The van der Waals surface area contributed by atoms with E-state index in [1.807, 2.05) is 30.3 Å². The number of nitro groups is 1. The van der Waals surface area contributed by atoms with Crippen molar-refractivity contribution in [3.63, 3.8) is 0 Å². The smallest absolute Gasteiger partial charge is 0.207 e. The van der Waals surface area contributed by atoms with E-state index in [1.165, 1.54) is 0 Å². The van der Waals surface area contributed by atoms with Gasteiger partial charge in [0.2, 0.25) is 6.54 Å². The van der Waals surface area contributed by atoms with Crippen LogP contribution in [0, 0.1) is 10.1 Å². The largest absolute Gasteiger partial charge is 0.449 e. The molecule has 0 spiro atoms. The highest BCUT2D eigenvalue weighted by Crippen LogP contribution is 2.17. The zero-order chi connectivity index (χ0) is 13.0. The van der Waals surface area contributed by atoms with Gasteiger partial charge in [0.1, 0.15) is 5.76 Å². The summed E-state index contributed by atoms with van der Waals surface area (Å²) in [4.78, 5) is 9.96. The van der Waals surface area contributed by atoms with Gasteiger partial charge in [0.25, 0.3) is 0 Å². The van der Waals surface area contributed by atoms with E-state index in [0.29, 0.717) is 18.1 Å². The summed E-state index contributed by atoms with van der Waals surface area (Å²) in [5, 5.41) is 10.6. The molecule has 2 rings (SSSR count). The van der Waals surface area contributed by atoms with Crippen LogP contribution in [-0.2, 0) is 12.8 Å². The Balaban J connectivity index is 1.97. The average Bonchev–Trinajstić information content (AvgIpc) is 2.74. The first kappa shape index (κ1) is 12.6. The number of benzene rings is 1. The molecule has 0 radical (unpaired) electrons. The average molecular weight is 266 g/mol. The van der Waals surface area contributed by atoms with Crippen LogP contribution in [-0.4, -0.2) is 11.5 Å². The molecular formula is C13H12ClNO3. The first-order valence-corrected chi connectivity index (χ1v) is 5.95. The predicted molar refractivity (Wildman–Crippen MR) is 68.5 cm³/mol. The molecule has 0 saturated heterocycles. The van der Waals surface area contributed by atoms with Crippen molar-refractivity contribution in [1.82, 2.24) is 0 Å². The summed E-state index contributed by atoms with van der Waals surface area (Å²) in [7, 11) is 0. The maximum absolute atomic E-state index is 10.3. The van der Waals surface area contributed by atoms with E-state index < -0.39 is 0 Å². The van der Waals surface area contributed by atoms with Gasteiger partial charge in [0.05, 0.1) is 0 Å². The number of furan rings is 1. The molecule has 0 aliphatic heterocycles. The molecule has 4 nitrogen and oxygen atoms in total. The van der Waals surface area contributed by atoms with Crippen LogP contribution in [0.4, 0.5) is 0 Å². The first-order valence-electron chi connectivity index (χ1n) is 5.57. The summed E-state index contributed by atoms with van der Waals surface area (Å²) < 4.78 is 5.27. The lowest BCUT2D eigenvalue weighted by molar-refractivity contribution is -0.479. The van der Waals surface area contributed by atoms with E-state index in [4.69, 9.17) is 16.0 Å². The molecule has 0 aliphatic carbocycles. The maximum atomic E-state index is 10.3. The van der Waals surface area contributed by atoms with E-state index in [9.17, 15) is 10.1 Å². The Morgan fingerprint density at radius 3 is 2.33 bits per heavy atom. The second-order valence-electron chi connectivity index (χ2n) is 4.01. The van der Waals surface area contributed by atoms with Crippen molar-refractivity contribution in [2.45, 2.75) is 12.8 Å². The summed E-state index contributed by atoms with van der Waals surface area (Å²) in [5.74, 6) is 0.804. The van der Waals surface area contributed by atoms with Gasteiger partial charge in [-0.15, -0.1) is 0 Å². The van der Waals surface area contributed by atoms with Crippen molar-refractivity contribution < 1.29 is 9.34 Å². The Bertz CT molecular complexity index is 533. The van der Waals surface area contributed by atoms with E-state index >= 15 is 0 Å². The van der Waals surface area contributed by atoms with E-state index in [1.54, 1.807) is 6.07 Å². The SMILES string of the molecule is O=[N+]([O-])CCc1ccc(Cc2ccc(Cl)o2)cc1. The van der Waals surface area contributed by atoms with Gasteiger partial charge in [0.15, 0.2) is 5.22 Å². The number of halogens is 1. The summed E-state index contributed by atoms with van der Waals surface area (Å²) in [6, 6.07) is 11.3. The Hall–Kier alpha value is -1.81. The van der Waals surface area contributed by atoms with Gasteiger partial charge < -0.3 is 4.42 Å². The lowest BCUT2D eigenvalue weighted by atomic mass is 10.1. The zero-order valence-electron chi connectivity index (χ0n) is 9.64. The molecule has 1 aromatic carbocycles. The molecule has 0 bridgehead atoms. The molecule has 0 atom stereocenters. The third-order valence-electron chi connectivity index (χ3n) is 2.61. The molecule has 0 saturated carbocycles. The van der Waals surface area contributed by atoms with E-state index in [-0.39, 0.29) is 11.5 Å². The number of rotatable bonds is 5. The van der Waals surface area contributed by atoms with Crippen molar-refractivity contribution in [3.05, 3.63) is 68.6 Å². The number of nitrogens with zero attached hydrogens (tertiary/aromatic N) is 1. The minimum atomic E-state index is -0.307. The molecule has 0 fully saturated rings. The van der Waals surface area contributed by atoms with Gasteiger partial charge in [0, 0.05) is 17.8 Å². The van der Waals surface area contributed by atoms with E-state index in [2.05, 4.69) is 0 Å². The van der Waals surface area contributed by atoms with Crippen LogP contribution in [0.3, 0.4) is 0 Å². The lowest BCUT2D eigenvalue weighted by Gasteiger charge is -2.01. The quantitative estimate of drug-likeness (QED) is 0.615. The molecule has 18 heavy (non-hydrogen) atoms. The molecule has 0 unspecified atom stereocenters. The fraction of sp³-hybridized carbons (Fsp3) is 0.231. The molecule has 1 heterocycles. The summed E-state index contributed by atoms with van der Waals surface area (Å²) in [6.45, 7) is -0.0346. The second kappa shape index (κ2) is 5.69. The molecule has 0 N–H and O–H groups in total. The molecule has 1 aromatic heterocycles. The maximum Gasteiger partial charge on any atom is 0.207 e. The Morgan fingerprint density at radius 1 is 1.11 bits per heavy atom. The fourth-order valence-corrected chi connectivity index (χ4v) is 1.85. The molecule has 0 aliphatic rings. The highest BCUT2D eigenvalue weighted by molar-refractivity contribution is 6.28. The fourth-order valence-electron chi connectivity index (χ4n) is 1.69. The standard InChI is InChI=1S/C13H12ClNO3/c14-13-6-5-12(18-13)9-11-3-1-10(2-4-11)7-8-15(16)17/h1-6H,7-9H2. The number of hydrogen-bond acceptors (Lipinski definition) is 3. The van der Waals surface area contributed by atoms with Gasteiger partial charge in [-0.1, -0.05) is 24.3 Å². The lowest BCUT2D eigenvalue weighted by Crippen LogP contribution is -2.03. The number of hydrogen-bond donors (Lipinski definition) is 0. The summed E-state index contributed by atoms with van der Waals surface area (Å²) in [5.41, 5.74) is 2.05. The van der Waals surface area contributed by atoms with Gasteiger partial charge in [-0.2, -0.15) is 0 Å². The molecule has 5 heteroatoms. The topological polar surface area (TPSA) is 56.3 Å². The highest BCUT2D eigenvalue weighted by atomic mass is 35.5. The van der Waals surface area contributed by atoms with Gasteiger partial charge in [-0.05, 0) is 34.9 Å². The van der Waals surface area contributed by atoms with Crippen LogP contribution >= 0.6 is 11.6 Å². The van der Waals surface area contributed by atoms with Crippen LogP contribution < -0.4 is 0 Å². The predicted octanol–water partition coefficient (Wildman–Crippen LogP) is 3.34. The van der Waals surface area contributed by atoms with Crippen molar-refractivity contribution in [2.75, 3.05) is 6.54 Å². The summed E-state index contributed by atoms with van der Waals surface area (Å²) >= 11 is 5.69. The van der Waals surface area contributed by atoms with Crippen LogP contribution in [0.5, 0.6) is 0 Å². The zero-order valence-corrected chi connectivity index (χ0v) is 10.4. The second-order valence-corrected chi connectivity index (χ2v) is 4.38. The monoisotopic (exact) mass is 265 g/mol. The van der Waals surface area contributed by atoms with Gasteiger partial charge in [-0.25, -0.2) is 0 Å². The Morgan fingerprint density at radius 2 is 1.78 bits per heavy atom. The van der Waals surface area contributed by atoms with Crippen LogP contribution in [0.2, 0.25) is 5.22 Å². The van der Waals surface area contributed by atoms with Gasteiger partial charge in [-0.3, -0.25) is 10.1 Å². The van der Waals surface area contributed by atoms with Crippen molar-refractivity contribution in [1.29, 1.82) is 0 Å². The minimum absolute atomic E-state index is 0.0346. The normalized spacial score (nSPS) is 10.5. The van der Waals surface area contributed by atoms with Gasteiger partial charge >= 0.3 is 0 Å². The summed E-state index contributed by atoms with van der Waals surface area (Å²) in [6.07, 6.45) is 1.13. The Labute approximate surface area is 109 Å². The first-order chi connectivity index (χ1) is 8.63. The highest BCUT2D eigenvalue weighted by Gasteiger charge is 2.03.